The van der Waals surface area contributed by atoms with Gasteiger partial charge in [-0.2, -0.15) is 18.6 Å². The maximum atomic E-state index is 2.82. The van der Waals surface area contributed by atoms with Gasteiger partial charge in [0.1, 0.15) is 22.3 Å². The lowest BCUT2D eigenvalue weighted by atomic mass is 9.64. The summed E-state index contributed by atoms with van der Waals surface area (Å²) in [6.07, 6.45) is 0. The molecule has 0 fully saturated rings. The molecule has 0 N–H and O–H groups in total. The number of anilines is 3. The smallest absolute Gasteiger partial charge is 0.308 e. The topological polar surface area (TPSA) is 20.9 Å². The quantitative estimate of drug-likeness (QED) is 0.154. The molecule has 0 amide bonds. The molecule has 270 valence electrons. The van der Waals surface area contributed by atoms with Crippen LogP contribution >= 0.6 is 0 Å². The predicted octanol–water partition coefficient (Wildman–Crippen LogP) is 11.1. The van der Waals surface area contributed by atoms with Gasteiger partial charge in [0.05, 0.1) is 22.3 Å². The highest BCUT2D eigenvalue weighted by Crippen LogP contribution is 2.67. The molecule has 5 heteroatoms. The molecule has 0 radical (unpaired) electrons. The number of hydrogen-bond donors (Lipinski definition) is 0. The molecular weight excluding hydrogens is 707 g/mol. The van der Waals surface area contributed by atoms with Crippen LogP contribution in [0.4, 0.5) is 17.2 Å². The van der Waals surface area contributed by atoms with Crippen LogP contribution in [-0.4, -0.2) is 9.13 Å². The average Bonchev–Trinajstić information content (AvgIpc) is 3.87. The molecule has 16 rings (SSSR count). The summed E-state index contributed by atoms with van der Waals surface area (Å²) in [5.74, 6) is 2.51. The maximum Gasteiger partial charge on any atom is 0.319 e. The lowest BCUT2D eigenvalue weighted by Crippen LogP contribution is -2.77. The summed E-state index contributed by atoms with van der Waals surface area (Å²) in [6.45, 7) is 9.83. The van der Waals surface area contributed by atoms with E-state index in [1.165, 1.54) is 128 Å². The second-order valence-corrected chi connectivity index (χ2v) is 18.5. The lowest BCUT2D eigenvalue weighted by molar-refractivity contribution is -0.931. The SMILES string of the molecule is CC1(C)c2cccc3c2N2c4c1ccc1c4C45c6c7c(cc8c9ccccc9n(c68)-c6cc(-c8ccccc8)cc([n+]64)-c4ccc(c2[n+]45)C3(C)C)c2ccccc2n7-1. The van der Waals surface area contributed by atoms with Crippen LogP contribution in [-0.2, 0) is 16.5 Å². The van der Waals surface area contributed by atoms with E-state index >= 15 is 0 Å². The Morgan fingerprint density at radius 2 is 1.09 bits per heavy atom. The Morgan fingerprint density at radius 3 is 1.84 bits per heavy atom. The van der Waals surface area contributed by atoms with Crippen LogP contribution in [0.5, 0.6) is 0 Å². The van der Waals surface area contributed by atoms with Gasteiger partial charge < -0.3 is 4.57 Å². The van der Waals surface area contributed by atoms with Gasteiger partial charge in [-0.05, 0) is 59.7 Å². The van der Waals surface area contributed by atoms with Crippen LogP contribution in [0.2, 0.25) is 0 Å². The number of aromatic nitrogens is 4. The molecule has 6 aliphatic rings. The zero-order chi connectivity index (χ0) is 37.9. The van der Waals surface area contributed by atoms with E-state index < -0.39 is 5.66 Å². The minimum absolute atomic E-state index is 0.230. The highest BCUT2D eigenvalue weighted by atomic mass is 15.5. The van der Waals surface area contributed by atoms with E-state index in [-0.39, 0.29) is 10.8 Å². The minimum atomic E-state index is -0.694. The third-order valence-electron chi connectivity index (χ3n) is 15.5. The summed E-state index contributed by atoms with van der Waals surface area (Å²) in [7, 11) is 0. The fourth-order valence-corrected chi connectivity index (χ4v) is 13.2. The van der Waals surface area contributed by atoms with Crippen molar-refractivity contribution in [1.82, 2.24) is 9.13 Å². The molecule has 0 bridgehead atoms. The van der Waals surface area contributed by atoms with Crippen LogP contribution in [0.3, 0.4) is 0 Å². The van der Waals surface area contributed by atoms with Gasteiger partial charge in [-0.15, -0.1) is 0 Å². The fourth-order valence-electron chi connectivity index (χ4n) is 13.2. The first-order chi connectivity index (χ1) is 28.3. The molecule has 0 aliphatic carbocycles. The van der Waals surface area contributed by atoms with E-state index in [0.29, 0.717) is 0 Å². The molecule has 10 aromatic rings. The van der Waals surface area contributed by atoms with Crippen molar-refractivity contribution in [3.63, 3.8) is 0 Å². The zero-order valence-corrected chi connectivity index (χ0v) is 32.5. The molecule has 0 saturated carbocycles. The molecule has 1 unspecified atom stereocenters. The Balaban J connectivity index is 1.26. The van der Waals surface area contributed by atoms with Crippen molar-refractivity contribution < 1.29 is 9.13 Å². The number of hydrogen-bond acceptors (Lipinski definition) is 1. The van der Waals surface area contributed by atoms with Gasteiger partial charge in [-0.1, -0.05) is 113 Å². The Labute approximate surface area is 333 Å². The highest BCUT2D eigenvalue weighted by Gasteiger charge is 2.72. The van der Waals surface area contributed by atoms with Crippen molar-refractivity contribution in [2.45, 2.75) is 44.2 Å². The van der Waals surface area contributed by atoms with Crippen LogP contribution in [0.25, 0.3) is 77.6 Å². The number of rotatable bonds is 1. The van der Waals surface area contributed by atoms with E-state index in [1.807, 2.05) is 0 Å². The van der Waals surface area contributed by atoms with Crippen molar-refractivity contribution >= 4 is 60.8 Å². The monoisotopic (exact) mass is 741 g/mol. The second-order valence-electron chi connectivity index (χ2n) is 18.5. The Morgan fingerprint density at radius 1 is 0.448 bits per heavy atom. The summed E-state index contributed by atoms with van der Waals surface area (Å²) in [4.78, 5) is 2.72. The molecule has 58 heavy (non-hydrogen) atoms. The Kier molecular flexibility index (Phi) is 4.36. The molecular formula is C53H35N5+2. The van der Waals surface area contributed by atoms with Gasteiger partial charge >= 0.3 is 5.66 Å². The van der Waals surface area contributed by atoms with Gasteiger partial charge in [0, 0.05) is 55.1 Å². The van der Waals surface area contributed by atoms with Gasteiger partial charge in [0.2, 0.25) is 0 Å². The van der Waals surface area contributed by atoms with Gasteiger partial charge in [0.15, 0.2) is 22.6 Å². The molecule has 0 saturated heterocycles. The molecule has 6 aliphatic heterocycles. The summed E-state index contributed by atoms with van der Waals surface area (Å²) in [5, 5.41) is 5.23. The molecule has 6 aromatic carbocycles. The van der Waals surface area contributed by atoms with Crippen molar-refractivity contribution in [3.05, 3.63) is 173 Å². The van der Waals surface area contributed by atoms with Gasteiger partial charge in [-0.25, -0.2) is 0 Å². The number of pyridine rings is 2. The van der Waals surface area contributed by atoms with Crippen LogP contribution in [0.1, 0.15) is 61.1 Å². The third kappa shape index (κ3) is 2.64. The van der Waals surface area contributed by atoms with Gasteiger partial charge in [-0.3, -0.25) is 0 Å². The van der Waals surface area contributed by atoms with Crippen molar-refractivity contribution in [1.29, 1.82) is 0 Å². The van der Waals surface area contributed by atoms with Crippen molar-refractivity contribution in [2.75, 3.05) is 4.90 Å². The summed E-state index contributed by atoms with van der Waals surface area (Å²) < 4.78 is 10.9. The molecule has 1 spiro atoms. The lowest BCUT2D eigenvalue weighted by Gasteiger charge is -2.50. The molecule has 5 nitrogen and oxygen atoms in total. The van der Waals surface area contributed by atoms with Gasteiger partial charge in [0.25, 0.3) is 11.6 Å². The van der Waals surface area contributed by atoms with E-state index in [1.54, 1.807) is 0 Å². The minimum Gasteiger partial charge on any atom is -0.308 e. The fraction of sp³-hybridized carbons (Fsp3) is 0.132. The molecule has 1 atom stereocenters. The van der Waals surface area contributed by atoms with Crippen LogP contribution in [0, 0.1) is 0 Å². The maximum absolute atomic E-state index is 2.82. The number of para-hydroxylation sites is 3. The third-order valence-corrected chi connectivity index (χ3v) is 15.5. The van der Waals surface area contributed by atoms with Crippen LogP contribution in [0.15, 0.2) is 140 Å². The van der Waals surface area contributed by atoms with E-state index in [9.17, 15) is 0 Å². The number of benzene rings is 6. The average molecular weight is 742 g/mol. The normalized spacial score (nSPS) is 19.0. The molecule has 10 heterocycles. The van der Waals surface area contributed by atoms with E-state index in [2.05, 4.69) is 190 Å². The van der Waals surface area contributed by atoms with Crippen molar-refractivity contribution in [2.24, 2.45) is 0 Å². The second kappa shape index (κ2) is 8.63. The number of fused-ring (bicyclic) bond motifs is 9. The number of nitrogens with zero attached hydrogens (tertiary/aromatic N) is 5. The Hall–Kier alpha value is -6.98. The zero-order valence-electron chi connectivity index (χ0n) is 32.5. The molecule has 4 aromatic heterocycles. The summed E-state index contributed by atoms with van der Waals surface area (Å²) in [5.41, 5.74) is 21.3. The van der Waals surface area contributed by atoms with E-state index in [0.717, 1.165) is 0 Å². The first kappa shape index (κ1) is 29.3. The predicted molar refractivity (Wildman–Crippen MR) is 230 cm³/mol. The summed E-state index contributed by atoms with van der Waals surface area (Å²) in [6, 6.07) is 53.7. The first-order valence-corrected chi connectivity index (χ1v) is 20.7. The Bertz CT molecular complexity index is 3730. The summed E-state index contributed by atoms with van der Waals surface area (Å²) >= 11 is 0. The highest BCUT2D eigenvalue weighted by molar-refractivity contribution is 6.22. The van der Waals surface area contributed by atoms with Crippen LogP contribution < -0.4 is 14.0 Å². The standard InChI is InChI=1S/C53H35N5/c1-51(2)34-17-12-18-35-48(34)56-49-36(51)21-24-41-44(49)53-45-46-32(30-15-8-10-19-38(30)54(41)46)27-33-31-16-9-11-20-39(31)55(47(33)45)43-26-29(28-13-6-5-7-14-28)25-42(57(43)53)40-23-22-37(52(35,3)4)50(56)58(40)53/h5-27H,1-4H3/q+2. The van der Waals surface area contributed by atoms with E-state index in [4.69, 9.17) is 0 Å². The first-order valence-electron chi connectivity index (χ1n) is 20.7. The van der Waals surface area contributed by atoms with Crippen molar-refractivity contribution in [3.8, 4) is 34.0 Å². The largest absolute Gasteiger partial charge is 0.319 e.